The van der Waals surface area contributed by atoms with Gasteiger partial charge < -0.3 is 5.32 Å². The zero-order valence-corrected chi connectivity index (χ0v) is 5.89. The fourth-order valence-electron chi connectivity index (χ4n) is 0.806. The van der Waals surface area contributed by atoms with Crippen LogP contribution in [0.4, 0.5) is 5.69 Å². The highest BCUT2D eigenvalue weighted by Crippen LogP contribution is 2.07. The molecule has 0 aromatic heterocycles. The van der Waals surface area contributed by atoms with E-state index in [1.54, 1.807) is 0 Å². The van der Waals surface area contributed by atoms with Gasteiger partial charge in [-0.3, -0.25) is 0 Å². The predicted molar refractivity (Wildman–Crippen MR) is 43.6 cm³/mol. The Bertz CT molecular complexity index is 258. The van der Waals surface area contributed by atoms with Gasteiger partial charge in [-0.2, -0.15) is 0 Å². The number of aryl methyl sites for hydroxylation is 1. The maximum absolute atomic E-state index is 5.05. The lowest BCUT2D eigenvalue weighted by atomic mass is 10.2. The monoisotopic (exact) mass is 131 g/mol. The van der Waals surface area contributed by atoms with Gasteiger partial charge in [-0.05, 0) is 24.6 Å². The van der Waals surface area contributed by atoms with E-state index in [-0.39, 0.29) is 0 Å². The molecule has 50 valence electrons. The molecule has 1 nitrogen and oxygen atoms in total. The first-order valence-corrected chi connectivity index (χ1v) is 3.11. The van der Waals surface area contributed by atoms with Crippen LogP contribution in [0.25, 0.3) is 0 Å². The summed E-state index contributed by atoms with van der Waals surface area (Å²) in [5.74, 6) is 0. The minimum absolute atomic E-state index is 0.975. The van der Waals surface area contributed by atoms with Crippen LogP contribution in [0.5, 0.6) is 0 Å². The summed E-state index contributed by atoms with van der Waals surface area (Å²) in [5, 5.41) is 2.78. The molecular weight excluding hydrogens is 122 g/mol. The SMILES string of the molecule is C#CNc1cccc(C)c1. The van der Waals surface area contributed by atoms with Gasteiger partial charge in [0.25, 0.3) is 0 Å². The van der Waals surface area contributed by atoms with Crippen LogP contribution in [0.2, 0.25) is 0 Å². The lowest BCUT2D eigenvalue weighted by molar-refractivity contribution is 1.46. The molecule has 0 bridgehead atoms. The molecule has 0 radical (unpaired) electrons. The van der Waals surface area contributed by atoms with Crippen molar-refractivity contribution in [1.82, 2.24) is 0 Å². The van der Waals surface area contributed by atoms with Crippen molar-refractivity contribution in [2.45, 2.75) is 6.92 Å². The highest BCUT2D eigenvalue weighted by molar-refractivity contribution is 5.48. The van der Waals surface area contributed by atoms with Crippen molar-refractivity contribution in [1.29, 1.82) is 0 Å². The fraction of sp³-hybridized carbons (Fsp3) is 0.111. The van der Waals surface area contributed by atoms with Gasteiger partial charge in [0.05, 0.1) is 0 Å². The van der Waals surface area contributed by atoms with Gasteiger partial charge >= 0.3 is 0 Å². The van der Waals surface area contributed by atoms with Crippen LogP contribution < -0.4 is 5.32 Å². The van der Waals surface area contributed by atoms with E-state index in [9.17, 15) is 0 Å². The normalized spacial score (nSPS) is 8.40. The lowest BCUT2D eigenvalue weighted by Crippen LogP contribution is -1.86. The van der Waals surface area contributed by atoms with Crippen molar-refractivity contribution in [3.05, 3.63) is 29.8 Å². The Kier molecular flexibility index (Phi) is 1.96. The third kappa shape index (κ3) is 1.53. The van der Waals surface area contributed by atoms with Gasteiger partial charge in [0.2, 0.25) is 0 Å². The minimum Gasteiger partial charge on any atom is -0.315 e. The smallest absolute Gasteiger partial charge is 0.0461 e. The molecular formula is C9H9N. The molecule has 0 amide bonds. The molecule has 0 unspecified atom stereocenters. The van der Waals surface area contributed by atoms with Crippen LogP contribution >= 0.6 is 0 Å². The predicted octanol–water partition coefficient (Wildman–Crippen LogP) is 2.00. The molecule has 0 aliphatic heterocycles. The third-order valence-corrected chi connectivity index (χ3v) is 1.23. The Labute approximate surface area is 61.1 Å². The molecule has 1 rings (SSSR count). The number of anilines is 1. The molecule has 0 saturated carbocycles. The molecule has 1 aromatic rings. The Morgan fingerprint density at radius 2 is 2.30 bits per heavy atom. The van der Waals surface area contributed by atoms with E-state index in [2.05, 4.69) is 11.4 Å². The molecule has 0 heterocycles. The summed E-state index contributed by atoms with van der Waals surface area (Å²) in [6, 6.07) is 10.3. The molecule has 0 aliphatic carbocycles. The Hall–Kier alpha value is -1.42. The number of hydrogen-bond acceptors (Lipinski definition) is 1. The van der Waals surface area contributed by atoms with Crippen molar-refractivity contribution < 1.29 is 0 Å². The first-order chi connectivity index (χ1) is 4.83. The zero-order valence-electron chi connectivity index (χ0n) is 5.89. The van der Waals surface area contributed by atoms with Crippen LogP contribution in [0.3, 0.4) is 0 Å². The maximum Gasteiger partial charge on any atom is 0.0461 e. The molecule has 0 aliphatic rings. The highest BCUT2D eigenvalue weighted by atomic mass is 14.8. The van der Waals surface area contributed by atoms with E-state index in [1.165, 1.54) is 5.56 Å². The van der Waals surface area contributed by atoms with E-state index in [4.69, 9.17) is 6.42 Å². The van der Waals surface area contributed by atoms with Crippen LogP contribution in [0.15, 0.2) is 24.3 Å². The van der Waals surface area contributed by atoms with Crippen LogP contribution in [-0.4, -0.2) is 0 Å². The Morgan fingerprint density at radius 1 is 1.50 bits per heavy atom. The van der Waals surface area contributed by atoms with E-state index in [0.29, 0.717) is 0 Å². The van der Waals surface area contributed by atoms with Crippen LogP contribution in [0, 0.1) is 19.4 Å². The molecule has 1 heteroatoms. The van der Waals surface area contributed by atoms with Gasteiger partial charge in [-0.25, -0.2) is 0 Å². The van der Waals surface area contributed by atoms with Crippen molar-refractivity contribution in [2.75, 3.05) is 5.32 Å². The molecule has 1 aromatic carbocycles. The minimum atomic E-state index is 0.975. The van der Waals surface area contributed by atoms with E-state index in [0.717, 1.165) is 5.69 Å². The maximum atomic E-state index is 5.05. The zero-order chi connectivity index (χ0) is 7.40. The average molecular weight is 131 g/mol. The second kappa shape index (κ2) is 2.93. The quantitative estimate of drug-likeness (QED) is 0.454. The summed E-state index contributed by atoms with van der Waals surface area (Å²) in [7, 11) is 0. The van der Waals surface area contributed by atoms with E-state index in [1.807, 2.05) is 31.2 Å². The summed E-state index contributed by atoms with van der Waals surface area (Å²) in [6.45, 7) is 2.03. The van der Waals surface area contributed by atoms with Crippen molar-refractivity contribution >= 4 is 5.69 Å². The lowest BCUT2D eigenvalue weighted by Gasteiger charge is -1.97. The van der Waals surface area contributed by atoms with Gasteiger partial charge in [0.15, 0.2) is 0 Å². The second-order valence-corrected chi connectivity index (χ2v) is 2.14. The number of hydrogen-bond donors (Lipinski definition) is 1. The third-order valence-electron chi connectivity index (χ3n) is 1.23. The second-order valence-electron chi connectivity index (χ2n) is 2.14. The average Bonchev–Trinajstić information content (AvgIpc) is 1.88. The van der Waals surface area contributed by atoms with Crippen molar-refractivity contribution in [3.8, 4) is 12.5 Å². The molecule has 0 fully saturated rings. The summed E-state index contributed by atoms with van der Waals surface area (Å²) >= 11 is 0. The number of terminal acetylenes is 1. The standard InChI is InChI=1S/C9H9N/c1-3-10-9-6-4-5-8(2)7-9/h1,4-7,10H,2H3. The summed E-state index contributed by atoms with van der Waals surface area (Å²) < 4.78 is 0. The van der Waals surface area contributed by atoms with Gasteiger partial charge in [-0.15, -0.1) is 0 Å². The first-order valence-electron chi connectivity index (χ1n) is 3.11. The molecule has 10 heavy (non-hydrogen) atoms. The Balaban J connectivity index is 2.87. The van der Waals surface area contributed by atoms with Crippen LogP contribution in [0.1, 0.15) is 5.56 Å². The van der Waals surface area contributed by atoms with E-state index < -0.39 is 0 Å². The van der Waals surface area contributed by atoms with Crippen molar-refractivity contribution in [3.63, 3.8) is 0 Å². The number of rotatable bonds is 1. The van der Waals surface area contributed by atoms with Crippen LogP contribution in [-0.2, 0) is 0 Å². The van der Waals surface area contributed by atoms with Gasteiger partial charge in [0, 0.05) is 11.7 Å². The van der Waals surface area contributed by atoms with Gasteiger partial charge in [0.1, 0.15) is 0 Å². The topological polar surface area (TPSA) is 12.0 Å². The fourth-order valence-corrected chi connectivity index (χ4v) is 0.806. The van der Waals surface area contributed by atoms with Gasteiger partial charge in [-0.1, -0.05) is 18.6 Å². The number of benzene rings is 1. The summed E-state index contributed by atoms with van der Waals surface area (Å²) in [5.41, 5.74) is 2.18. The molecule has 1 N–H and O–H groups in total. The molecule has 0 spiro atoms. The largest absolute Gasteiger partial charge is 0.315 e. The first kappa shape index (κ1) is 6.70. The Morgan fingerprint density at radius 3 is 2.90 bits per heavy atom. The molecule has 0 saturated heterocycles. The molecule has 0 atom stereocenters. The summed E-state index contributed by atoms with van der Waals surface area (Å²) in [6.07, 6.45) is 5.05. The van der Waals surface area contributed by atoms with Crippen molar-refractivity contribution in [2.24, 2.45) is 0 Å². The summed E-state index contributed by atoms with van der Waals surface area (Å²) in [4.78, 5) is 0. The highest BCUT2D eigenvalue weighted by Gasteiger charge is 1.86. The number of nitrogens with one attached hydrogen (secondary N) is 1. The van der Waals surface area contributed by atoms with E-state index >= 15 is 0 Å².